The number of carbonyl (C=O) groups excluding carboxylic acids is 1. The van der Waals surface area contributed by atoms with E-state index in [-0.39, 0.29) is 6.03 Å². The molecule has 2 amide bonds. The standard InChI is InChI=1S/C24H29N5OS/c1-2-20-10-6-7-11-21(20)26-23(30)25-17-19-12-14-29(15-13-19)24-27-22(28-31-24)16-18-8-4-3-5-9-18/h3-11,19H,2,12-17H2,1H3,(H2,25,26,30). The third-order valence-electron chi connectivity index (χ3n) is 5.75. The molecular formula is C24H29N5OS. The van der Waals surface area contributed by atoms with Crippen molar-refractivity contribution in [3.63, 3.8) is 0 Å². The molecule has 0 unspecified atom stereocenters. The fourth-order valence-electron chi connectivity index (χ4n) is 3.91. The van der Waals surface area contributed by atoms with E-state index in [0.717, 1.165) is 61.0 Å². The minimum absolute atomic E-state index is 0.127. The lowest BCUT2D eigenvalue weighted by molar-refractivity contribution is 0.248. The molecule has 1 saturated heterocycles. The highest BCUT2D eigenvalue weighted by atomic mass is 32.1. The molecule has 0 saturated carbocycles. The van der Waals surface area contributed by atoms with Crippen LogP contribution in [0.5, 0.6) is 0 Å². The molecule has 2 heterocycles. The van der Waals surface area contributed by atoms with E-state index in [2.05, 4.69) is 39.0 Å². The lowest BCUT2D eigenvalue weighted by Crippen LogP contribution is -2.39. The second kappa shape index (κ2) is 10.4. The van der Waals surface area contributed by atoms with E-state index in [1.807, 2.05) is 42.5 Å². The molecule has 1 aliphatic rings. The van der Waals surface area contributed by atoms with Crippen LogP contribution >= 0.6 is 11.5 Å². The Morgan fingerprint density at radius 3 is 2.61 bits per heavy atom. The summed E-state index contributed by atoms with van der Waals surface area (Å²) in [4.78, 5) is 19.4. The average Bonchev–Trinajstić information content (AvgIpc) is 3.27. The third-order valence-corrected chi connectivity index (χ3v) is 6.56. The van der Waals surface area contributed by atoms with Gasteiger partial charge in [-0.1, -0.05) is 55.5 Å². The average molecular weight is 436 g/mol. The topological polar surface area (TPSA) is 70.2 Å². The van der Waals surface area contributed by atoms with Crippen LogP contribution in [0.1, 0.15) is 36.7 Å². The molecule has 1 aromatic heterocycles. The molecular weight excluding hydrogens is 406 g/mol. The van der Waals surface area contributed by atoms with Crippen molar-refractivity contribution >= 4 is 28.4 Å². The molecule has 0 radical (unpaired) electrons. The molecule has 0 bridgehead atoms. The highest BCUT2D eigenvalue weighted by Crippen LogP contribution is 2.25. The number of anilines is 2. The number of carbonyl (C=O) groups is 1. The summed E-state index contributed by atoms with van der Waals surface area (Å²) in [7, 11) is 0. The van der Waals surface area contributed by atoms with E-state index in [0.29, 0.717) is 12.5 Å². The van der Waals surface area contributed by atoms with Crippen molar-refractivity contribution in [1.82, 2.24) is 14.7 Å². The quantitative estimate of drug-likeness (QED) is 0.563. The highest BCUT2D eigenvalue weighted by Gasteiger charge is 2.22. The Hall–Kier alpha value is -2.93. The summed E-state index contributed by atoms with van der Waals surface area (Å²) in [6.45, 7) is 4.69. The van der Waals surface area contributed by atoms with E-state index in [1.54, 1.807) is 0 Å². The minimum Gasteiger partial charge on any atom is -0.347 e. The number of hydrogen-bond donors (Lipinski definition) is 2. The van der Waals surface area contributed by atoms with Gasteiger partial charge >= 0.3 is 6.03 Å². The van der Waals surface area contributed by atoms with Crippen molar-refractivity contribution in [2.24, 2.45) is 5.92 Å². The molecule has 7 heteroatoms. The zero-order valence-electron chi connectivity index (χ0n) is 17.9. The van der Waals surface area contributed by atoms with Crippen LogP contribution in [0, 0.1) is 5.92 Å². The van der Waals surface area contributed by atoms with E-state index in [1.165, 1.54) is 17.1 Å². The van der Waals surface area contributed by atoms with Gasteiger partial charge < -0.3 is 15.5 Å². The summed E-state index contributed by atoms with van der Waals surface area (Å²) in [6, 6.07) is 18.1. The summed E-state index contributed by atoms with van der Waals surface area (Å²) in [5, 5.41) is 7.03. The van der Waals surface area contributed by atoms with Gasteiger partial charge in [0.15, 0.2) is 0 Å². The van der Waals surface area contributed by atoms with Crippen LogP contribution in [0.25, 0.3) is 0 Å². The zero-order valence-corrected chi connectivity index (χ0v) is 18.7. The number of nitrogens with zero attached hydrogens (tertiary/aromatic N) is 3. The highest BCUT2D eigenvalue weighted by molar-refractivity contribution is 7.09. The monoisotopic (exact) mass is 435 g/mol. The Morgan fingerprint density at radius 1 is 1.10 bits per heavy atom. The predicted molar refractivity (Wildman–Crippen MR) is 127 cm³/mol. The smallest absolute Gasteiger partial charge is 0.319 e. The van der Waals surface area contributed by atoms with Gasteiger partial charge in [0.05, 0.1) is 0 Å². The molecule has 1 fully saturated rings. The Kier molecular flexibility index (Phi) is 7.14. The molecule has 0 aliphatic carbocycles. The van der Waals surface area contributed by atoms with Crippen LogP contribution in [0.15, 0.2) is 54.6 Å². The number of hydrogen-bond acceptors (Lipinski definition) is 5. The summed E-state index contributed by atoms with van der Waals surface area (Å²) in [5.41, 5.74) is 3.27. The Morgan fingerprint density at radius 2 is 1.84 bits per heavy atom. The normalized spacial score (nSPS) is 14.4. The molecule has 31 heavy (non-hydrogen) atoms. The number of urea groups is 1. The van der Waals surface area contributed by atoms with Gasteiger partial charge in [0.2, 0.25) is 5.13 Å². The van der Waals surface area contributed by atoms with E-state index in [9.17, 15) is 4.79 Å². The van der Waals surface area contributed by atoms with Crippen LogP contribution in [0.4, 0.5) is 15.6 Å². The fraction of sp³-hybridized carbons (Fsp3) is 0.375. The lowest BCUT2D eigenvalue weighted by atomic mass is 9.97. The number of piperidine rings is 1. The van der Waals surface area contributed by atoms with Crippen molar-refractivity contribution in [2.75, 3.05) is 29.9 Å². The Balaban J connectivity index is 1.21. The van der Waals surface area contributed by atoms with Crippen LogP contribution < -0.4 is 15.5 Å². The van der Waals surface area contributed by atoms with Gasteiger partial charge in [0, 0.05) is 43.3 Å². The van der Waals surface area contributed by atoms with Gasteiger partial charge in [0.1, 0.15) is 5.82 Å². The number of nitrogens with one attached hydrogen (secondary N) is 2. The lowest BCUT2D eigenvalue weighted by Gasteiger charge is -2.31. The van der Waals surface area contributed by atoms with Gasteiger partial charge in [-0.25, -0.2) is 9.78 Å². The van der Waals surface area contributed by atoms with Crippen molar-refractivity contribution < 1.29 is 4.79 Å². The van der Waals surface area contributed by atoms with E-state index in [4.69, 9.17) is 4.98 Å². The zero-order chi connectivity index (χ0) is 21.5. The van der Waals surface area contributed by atoms with Crippen molar-refractivity contribution in [3.8, 4) is 0 Å². The van der Waals surface area contributed by atoms with Gasteiger partial charge in [-0.2, -0.15) is 4.37 Å². The first-order valence-corrected chi connectivity index (χ1v) is 11.7. The van der Waals surface area contributed by atoms with Crippen LogP contribution in [0.2, 0.25) is 0 Å². The number of para-hydroxylation sites is 1. The van der Waals surface area contributed by atoms with Crippen LogP contribution in [-0.4, -0.2) is 35.0 Å². The summed E-state index contributed by atoms with van der Waals surface area (Å²) < 4.78 is 4.54. The molecule has 1 aliphatic heterocycles. The number of amides is 2. The first-order chi connectivity index (χ1) is 15.2. The number of rotatable bonds is 7. The van der Waals surface area contributed by atoms with Crippen LogP contribution in [-0.2, 0) is 12.8 Å². The van der Waals surface area contributed by atoms with E-state index >= 15 is 0 Å². The van der Waals surface area contributed by atoms with Gasteiger partial charge in [-0.05, 0) is 42.4 Å². The molecule has 6 nitrogen and oxygen atoms in total. The SMILES string of the molecule is CCc1ccccc1NC(=O)NCC1CCN(c2nc(Cc3ccccc3)ns2)CC1. The second-order valence-corrected chi connectivity index (χ2v) is 8.66. The maximum absolute atomic E-state index is 12.3. The maximum Gasteiger partial charge on any atom is 0.319 e. The van der Waals surface area contributed by atoms with Crippen molar-refractivity contribution in [3.05, 3.63) is 71.5 Å². The van der Waals surface area contributed by atoms with E-state index < -0.39 is 0 Å². The Bertz CT molecular complexity index is 982. The fourth-order valence-corrected chi connectivity index (χ4v) is 4.64. The number of aromatic nitrogens is 2. The number of benzene rings is 2. The molecule has 4 rings (SSSR count). The molecule has 2 aromatic carbocycles. The molecule has 2 N–H and O–H groups in total. The molecule has 162 valence electrons. The molecule has 0 atom stereocenters. The number of aryl methyl sites for hydroxylation is 1. The summed E-state index contributed by atoms with van der Waals surface area (Å²) in [5.74, 6) is 1.37. The predicted octanol–water partition coefficient (Wildman–Crippen LogP) is 4.73. The van der Waals surface area contributed by atoms with Gasteiger partial charge in [0.25, 0.3) is 0 Å². The summed E-state index contributed by atoms with van der Waals surface area (Å²) >= 11 is 1.48. The van der Waals surface area contributed by atoms with Gasteiger partial charge in [-0.15, -0.1) is 0 Å². The largest absolute Gasteiger partial charge is 0.347 e. The molecule has 0 spiro atoms. The van der Waals surface area contributed by atoms with Crippen molar-refractivity contribution in [2.45, 2.75) is 32.6 Å². The third kappa shape index (κ3) is 5.82. The summed E-state index contributed by atoms with van der Waals surface area (Å²) in [6.07, 6.45) is 3.75. The van der Waals surface area contributed by atoms with Crippen molar-refractivity contribution in [1.29, 1.82) is 0 Å². The minimum atomic E-state index is -0.127. The van der Waals surface area contributed by atoms with Crippen LogP contribution in [0.3, 0.4) is 0 Å². The first-order valence-electron chi connectivity index (χ1n) is 11.0. The Labute approximate surface area is 187 Å². The van der Waals surface area contributed by atoms with Gasteiger partial charge in [-0.3, -0.25) is 0 Å². The molecule has 3 aromatic rings. The first kappa shape index (κ1) is 21.3. The maximum atomic E-state index is 12.3. The second-order valence-electron chi connectivity index (χ2n) is 7.93.